The topological polar surface area (TPSA) is 9.86 Å². The maximum Gasteiger partial charge on any atom is 0.115 e. The lowest BCUT2D eigenvalue weighted by Crippen LogP contribution is -2.41. The average molecular weight is 898 g/mol. The van der Waals surface area contributed by atoms with Crippen molar-refractivity contribution in [3.63, 3.8) is 0 Å². The van der Waals surface area contributed by atoms with Crippen molar-refractivity contribution < 1.29 is 0 Å². The van der Waals surface area contributed by atoms with E-state index in [1.54, 1.807) is 0 Å². The van der Waals surface area contributed by atoms with Crippen molar-refractivity contribution in [3.05, 3.63) is 218 Å². The second-order valence-electron chi connectivity index (χ2n) is 18.5. The summed E-state index contributed by atoms with van der Waals surface area (Å²) in [6.45, 7) is 0. The van der Waals surface area contributed by atoms with Crippen molar-refractivity contribution in [2.24, 2.45) is 0 Å². The Kier molecular flexibility index (Phi) is 10.4. The highest BCUT2D eigenvalue weighted by Crippen LogP contribution is 2.40. The van der Waals surface area contributed by atoms with Crippen LogP contribution in [-0.4, -0.2) is 56.2 Å². The summed E-state index contributed by atoms with van der Waals surface area (Å²) in [5.74, 6) is 0. The standard InChI is InChI=1S/C64H36B6N2/c65-56-52-49-21-9-10-24-51(49)71(46-33-31-42(32-34-46)41-27-25-40(26-28-41)37-13-3-1-4-14-37)63(52)60(69)58(67)54(56)55-57(66)53-50-23-12-22-48(45-30-29-39-17-7-8-18-43(39)35-45)62(50)72(64(53)61(70)59(55)68)47-20-11-19-44(36-47)38-15-5-2-6-16-38/h1-36H. The summed E-state index contributed by atoms with van der Waals surface area (Å²) in [6, 6.07) is 75.7. The Bertz CT molecular complexity index is 4310. The van der Waals surface area contributed by atoms with Crippen LogP contribution in [0, 0.1) is 0 Å². The molecule has 72 heavy (non-hydrogen) atoms. The minimum absolute atomic E-state index is 0.254. The van der Waals surface area contributed by atoms with Gasteiger partial charge in [0.25, 0.3) is 0 Å². The maximum atomic E-state index is 7.60. The molecule has 2 heterocycles. The van der Waals surface area contributed by atoms with Crippen molar-refractivity contribution in [3.8, 4) is 67.0 Å². The van der Waals surface area contributed by atoms with Crippen LogP contribution in [0.5, 0.6) is 0 Å². The quantitative estimate of drug-likeness (QED) is 0.141. The zero-order valence-corrected chi connectivity index (χ0v) is 39.1. The summed E-state index contributed by atoms with van der Waals surface area (Å²) < 4.78 is 4.34. The lowest BCUT2D eigenvalue weighted by molar-refractivity contribution is 1.19. The minimum atomic E-state index is 0.254. The van der Waals surface area contributed by atoms with Gasteiger partial charge in [0.15, 0.2) is 0 Å². The molecule has 0 N–H and O–H groups in total. The molecule has 320 valence electrons. The predicted molar refractivity (Wildman–Crippen MR) is 312 cm³/mol. The molecule has 0 aliphatic rings. The summed E-state index contributed by atoms with van der Waals surface area (Å²) in [4.78, 5) is 0. The van der Waals surface area contributed by atoms with Gasteiger partial charge in [-0.15, -0.1) is 0 Å². The molecule has 2 aromatic heterocycles. The zero-order valence-electron chi connectivity index (χ0n) is 39.1. The molecule has 0 amide bonds. The highest BCUT2D eigenvalue weighted by molar-refractivity contribution is 6.65. The molecule has 0 saturated carbocycles. The Balaban J connectivity index is 1.02. The molecule has 12 radical (unpaired) electrons. The summed E-state index contributed by atoms with van der Waals surface area (Å²) >= 11 is 0. The van der Waals surface area contributed by atoms with Crippen molar-refractivity contribution in [2.45, 2.75) is 0 Å². The van der Waals surface area contributed by atoms with Gasteiger partial charge in [0.1, 0.15) is 47.1 Å². The van der Waals surface area contributed by atoms with Crippen LogP contribution in [0.4, 0.5) is 0 Å². The molecule has 8 heteroatoms. The van der Waals surface area contributed by atoms with E-state index < -0.39 is 0 Å². The van der Waals surface area contributed by atoms with Gasteiger partial charge in [-0.05, 0) is 97.2 Å². The third-order valence-electron chi connectivity index (χ3n) is 14.5. The molecule has 0 saturated heterocycles. The molecule has 0 aliphatic heterocycles. The van der Waals surface area contributed by atoms with E-state index in [9.17, 15) is 0 Å². The molecule has 0 unspecified atom stereocenters. The van der Waals surface area contributed by atoms with Crippen LogP contribution < -0.4 is 32.8 Å². The molecule has 0 spiro atoms. The van der Waals surface area contributed by atoms with Gasteiger partial charge in [0.2, 0.25) is 0 Å². The zero-order chi connectivity index (χ0) is 48.8. The van der Waals surface area contributed by atoms with E-state index in [0.717, 1.165) is 88.1 Å². The fourth-order valence-electron chi connectivity index (χ4n) is 11.1. The Morgan fingerprint density at radius 1 is 0.264 bits per heavy atom. The van der Waals surface area contributed by atoms with Gasteiger partial charge in [-0.25, -0.2) is 0 Å². The van der Waals surface area contributed by atoms with E-state index in [1.807, 2.05) is 36.4 Å². The molecule has 0 bridgehead atoms. The Morgan fingerprint density at radius 3 is 1.39 bits per heavy atom. The first kappa shape index (κ1) is 43.7. The van der Waals surface area contributed by atoms with Crippen molar-refractivity contribution in [1.82, 2.24) is 9.13 Å². The SMILES string of the molecule is [B]c1c(-c2c([B])c([B])c3c(c2[B])c2cccc(-c4ccc5ccccc5c4)c2n3-c2cccc(-c3ccccc3)c2)c([B])c2c3ccccc3n(-c3ccc(-c4ccc(-c5ccccc5)cc4)cc3)c2c1[B]. The van der Waals surface area contributed by atoms with Crippen molar-refractivity contribution >= 4 is 134 Å². The van der Waals surface area contributed by atoms with E-state index >= 15 is 0 Å². The molecule has 0 atom stereocenters. The normalized spacial score (nSPS) is 11.7. The third-order valence-corrected chi connectivity index (χ3v) is 14.5. The largest absolute Gasteiger partial charge is 0.310 e. The highest BCUT2D eigenvalue weighted by atomic mass is 15.0. The first-order valence-corrected chi connectivity index (χ1v) is 24.0. The third kappa shape index (κ3) is 6.80. The second-order valence-corrected chi connectivity index (χ2v) is 18.5. The van der Waals surface area contributed by atoms with Gasteiger partial charge < -0.3 is 9.13 Å². The lowest BCUT2D eigenvalue weighted by Gasteiger charge is -2.24. The van der Waals surface area contributed by atoms with Gasteiger partial charge in [-0.1, -0.05) is 215 Å². The molecule has 0 fully saturated rings. The molecule has 2 nitrogen and oxygen atoms in total. The number of fused-ring (bicyclic) bond motifs is 7. The van der Waals surface area contributed by atoms with Crippen LogP contribution in [-0.2, 0) is 0 Å². The lowest BCUT2D eigenvalue weighted by atomic mass is 9.63. The molecular weight excluding hydrogens is 862 g/mol. The summed E-state index contributed by atoms with van der Waals surface area (Å²) in [5.41, 5.74) is 16.6. The van der Waals surface area contributed by atoms with Gasteiger partial charge >= 0.3 is 0 Å². The molecule has 13 aromatic rings. The summed E-state index contributed by atoms with van der Waals surface area (Å²) in [5, 5.41) is 5.56. The molecule has 13 rings (SSSR count). The fourth-order valence-corrected chi connectivity index (χ4v) is 11.1. The number of nitrogens with zero attached hydrogens (tertiary/aromatic N) is 2. The summed E-state index contributed by atoms with van der Waals surface area (Å²) in [6.07, 6.45) is 0. The number of aromatic nitrogens is 2. The smallest absolute Gasteiger partial charge is 0.115 e. The van der Waals surface area contributed by atoms with E-state index in [0.29, 0.717) is 44.0 Å². The average Bonchev–Trinajstić information content (AvgIpc) is 3.98. The van der Waals surface area contributed by atoms with Crippen LogP contribution in [0.1, 0.15) is 0 Å². The number of benzene rings is 11. The number of hydrogen-bond acceptors (Lipinski definition) is 0. The maximum absolute atomic E-state index is 7.60. The van der Waals surface area contributed by atoms with Crippen LogP contribution in [0.2, 0.25) is 0 Å². The molecule has 0 aliphatic carbocycles. The first-order valence-electron chi connectivity index (χ1n) is 24.0. The molecular formula is C64H36B6N2. The Labute approximate surface area is 426 Å². The van der Waals surface area contributed by atoms with Gasteiger partial charge in [-0.2, -0.15) is 0 Å². The van der Waals surface area contributed by atoms with Crippen molar-refractivity contribution in [2.75, 3.05) is 0 Å². The van der Waals surface area contributed by atoms with Crippen LogP contribution in [0.15, 0.2) is 218 Å². The van der Waals surface area contributed by atoms with E-state index in [-0.39, 0.29) is 10.9 Å². The minimum Gasteiger partial charge on any atom is -0.310 e. The predicted octanol–water partition coefficient (Wildman–Crippen LogP) is 10.1. The van der Waals surface area contributed by atoms with E-state index in [2.05, 4.69) is 191 Å². The Morgan fingerprint density at radius 2 is 0.736 bits per heavy atom. The fraction of sp³-hybridized carbons (Fsp3) is 0. The van der Waals surface area contributed by atoms with E-state index in [4.69, 9.17) is 47.1 Å². The van der Waals surface area contributed by atoms with Crippen LogP contribution in [0.25, 0.3) is 121 Å². The number of rotatable bonds is 7. The van der Waals surface area contributed by atoms with Gasteiger partial charge in [0.05, 0.1) is 11.0 Å². The van der Waals surface area contributed by atoms with Crippen molar-refractivity contribution in [1.29, 1.82) is 0 Å². The number of para-hydroxylation sites is 2. The van der Waals surface area contributed by atoms with Gasteiger partial charge in [0, 0.05) is 49.5 Å². The Hall–Kier alpha value is -8.33. The number of hydrogen-bond donors (Lipinski definition) is 0. The van der Waals surface area contributed by atoms with Gasteiger partial charge in [-0.3, -0.25) is 0 Å². The van der Waals surface area contributed by atoms with Crippen LogP contribution in [0.3, 0.4) is 0 Å². The monoisotopic (exact) mass is 898 g/mol. The summed E-state index contributed by atoms with van der Waals surface area (Å²) in [7, 11) is 44.4. The van der Waals surface area contributed by atoms with E-state index in [1.165, 1.54) is 11.1 Å². The first-order chi connectivity index (χ1) is 35.2. The highest BCUT2D eigenvalue weighted by Gasteiger charge is 2.27. The van der Waals surface area contributed by atoms with Crippen LogP contribution >= 0.6 is 0 Å². The second kappa shape index (κ2) is 17.2. The molecule has 11 aromatic carbocycles.